The molecular weight excluding hydrogens is 408 g/mol. The van der Waals surface area contributed by atoms with Crippen molar-refractivity contribution in [1.29, 1.82) is 0 Å². The maximum Gasteiger partial charge on any atom is 0.483 e. The van der Waals surface area contributed by atoms with Crippen molar-refractivity contribution in [2.45, 2.75) is 52.4 Å². The maximum atomic E-state index is 11.1. The summed E-state index contributed by atoms with van der Waals surface area (Å²) >= 11 is 0. The molecule has 0 N–H and O–H groups in total. The summed E-state index contributed by atoms with van der Waals surface area (Å²) in [6, 6.07) is 0. The zero-order valence-electron chi connectivity index (χ0n) is 19.3. The zero-order chi connectivity index (χ0) is 23.2. The van der Waals surface area contributed by atoms with Gasteiger partial charge in [-0.3, -0.25) is 0 Å². The van der Waals surface area contributed by atoms with Crippen LogP contribution in [-0.2, 0) is 37.1 Å². The van der Waals surface area contributed by atoms with Gasteiger partial charge in [-0.15, -0.1) is 0 Å². The molecule has 0 aliphatic carbocycles. The summed E-state index contributed by atoms with van der Waals surface area (Å²) < 4.78 is 29.7. The molecule has 0 rings (SSSR count). The van der Waals surface area contributed by atoms with Gasteiger partial charge < -0.3 is 27.5 Å². The molecule has 0 aromatic rings. The van der Waals surface area contributed by atoms with Crippen molar-refractivity contribution in [2.24, 2.45) is 0 Å². The lowest BCUT2D eigenvalue weighted by atomic mass is 10.2. The molecule has 30 heavy (non-hydrogen) atoms. The van der Waals surface area contributed by atoms with Gasteiger partial charge in [-0.2, -0.15) is 0 Å². The second kappa shape index (κ2) is 22.2. The highest BCUT2D eigenvalue weighted by Crippen LogP contribution is 2.02. The molecule has 0 radical (unpaired) electrons. The second-order valence-corrected chi connectivity index (χ2v) is 8.55. The van der Waals surface area contributed by atoms with Gasteiger partial charge in [0, 0.05) is 45.7 Å². The number of hydrogen-bond acceptors (Lipinski definition) is 8. The smallest absolute Gasteiger partial charge is 0.462 e. The van der Waals surface area contributed by atoms with Crippen molar-refractivity contribution < 1.29 is 37.1 Å². The number of rotatable bonds is 17. The minimum absolute atomic E-state index is 0.324. The maximum absolute atomic E-state index is 11.1. The van der Waals surface area contributed by atoms with Crippen LogP contribution in [0.2, 0.25) is 0 Å². The molecule has 0 aromatic carbocycles. The van der Waals surface area contributed by atoms with Crippen LogP contribution >= 0.6 is 0 Å². The summed E-state index contributed by atoms with van der Waals surface area (Å²) in [6.45, 7) is 12.6. The fraction of sp³-hybridized carbons (Fsp3) is 0.714. The van der Waals surface area contributed by atoms with Gasteiger partial charge in [0.1, 0.15) is 0 Å². The first-order valence-corrected chi connectivity index (χ1v) is 11.5. The number of ether oxygens (including phenoxy) is 3. The van der Waals surface area contributed by atoms with Crippen LogP contribution < -0.4 is 0 Å². The highest BCUT2D eigenvalue weighted by Gasteiger charge is 2.05. The largest absolute Gasteiger partial charge is 0.483 e. The van der Waals surface area contributed by atoms with Gasteiger partial charge in [-0.25, -0.2) is 9.59 Å². The number of esters is 2. The number of hydrogen-bond donors (Lipinski definition) is 0. The van der Waals surface area contributed by atoms with Gasteiger partial charge in [0.25, 0.3) is 0 Å². The normalized spacial score (nSPS) is 10.2. The molecule has 0 atom stereocenters. The third-order valence-electron chi connectivity index (χ3n) is 3.61. The van der Waals surface area contributed by atoms with E-state index in [9.17, 15) is 9.59 Å². The molecule has 0 aromatic heterocycles. The van der Waals surface area contributed by atoms with E-state index in [2.05, 4.69) is 13.2 Å². The minimum atomic E-state index is -1.67. The lowest BCUT2D eigenvalue weighted by molar-refractivity contribution is -0.139. The summed E-state index contributed by atoms with van der Waals surface area (Å²) in [4.78, 5) is 22.2. The molecule has 0 fully saturated rings. The third kappa shape index (κ3) is 21.2. The van der Waals surface area contributed by atoms with Crippen LogP contribution in [0.3, 0.4) is 0 Å². The van der Waals surface area contributed by atoms with Gasteiger partial charge in [0.15, 0.2) is 0 Å². The summed E-state index contributed by atoms with van der Waals surface area (Å²) in [5.41, 5.74) is 0.866. The van der Waals surface area contributed by atoms with Gasteiger partial charge >= 0.3 is 21.5 Å². The van der Waals surface area contributed by atoms with Crippen molar-refractivity contribution in [1.82, 2.24) is 0 Å². The molecule has 0 saturated carbocycles. The molecule has 9 heteroatoms. The molecule has 0 amide bonds. The van der Waals surface area contributed by atoms with E-state index in [0.717, 1.165) is 51.7 Å². The van der Waals surface area contributed by atoms with Crippen LogP contribution in [0, 0.1) is 0 Å². The Balaban J connectivity index is 0. The Labute approximate surface area is 183 Å². The number of carbonyl (C=O) groups is 2. The Kier molecular flexibility index (Phi) is 22.7. The lowest BCUT2D eigenvalue weighted by Crippen LogP contribution is -2.21. The summed E-state index contributed by atoms with van der Waals surface area (Å²) in [5, 5.41) is 0. The third-order valence-corrected chi connectivity index (χ3v) is 4.76. The molecule has 176 valence electrons. The first kappa shape index (κ1) is 30.7. The molecular formula is C21H40O8Si. The van der Waals surface area contributed by atoms with E-state index in [1.165, 1.54) is 0 Å². The molecule has 0 bridgehead atoms. The van der Waals surface area contributed by atoms with E-state index >= 15 is 0 Å². The second-order valence-electron chi connectivity index (χ2n) is 6.56. The van der Waals surface area contributed by atoms with E-state index in [0.29, 0.717) is 24.4 Å². The Bertz CT molecular complexity index is 436. The number of carbonyl (C=O) groups excluding carboxylic acids is 2. The van der Waals surface area contributed by atoms with Crippen molar-refractivity contribution in [3.63, 3.8) is 0 Å². The fourth-order valence-electron chi connectivity index (χ4n) is 1.93. The average Bonchev–Trinajstić information content (AvgIpc) is 2.72. The zero-order valence-corrected chi connectivity index (χ0v) is 20.5. The summed E-state index contributed by atoms with van der Waals surface area (Å²) in [6.07, 6.45) is 5.55. The van der Waals surface area contributed by atoms with Crippen molar-refractivity contribution >= 4 is 21.5 Å². The predicted molar refractivity (Wildman–Crippen MR) is 118 cm³/mol. The van der Waals surface area contributed by atoms with Gasteiger partial charge in [0.05, 0.1) is 13.2 Å². The molecule has 0 aliphatic rings. The fourth-order valence-corrected chi connectivity index (χ4v) is 2.51. The Morgan fingerprint density at radius 3 is 1.23 bits per heavy atom. The van der Waals surface area contributed by atoms with E-state index < -0.39 is 9.53 Å². The van der Waals surface area contributed by atoms with Crippen molar-refractivity contribution in [3.8, 4) is 0 Å². The van der Waals surface area contributed by atoms with Gasteiger partial charge in [-0.1, -0.05) is 13.2 Å². The van der Waals surface area contributed by atoms with Crippen LogP contribution in [0.1, 0.15) is 52.4 Å². The Morgan fingerprint density at radius 1 is 0.633 bits per heavy atom. The average molecular weight is 449 g/mol. The summed E-state index contributed by atoms with van der Waals surface area (Å²) in [5.74, 6) is -0.648. The van der Waals surface area contributed by atoms with Gasteiger partial charge in [-0.05, 0) is 52.4 Å². The topological polar surface area (TPSA) is 89.5 Å². The predicted octanol–water partition coefficient (Wildman–Crippen LogP) is 3.23. The minimum Gasteiger partial charge on any atom is -0.462 e. The number of unbranched alkanes of at least 4 members (excludes halogenated alkanes) is 4. The van der Waals surface area contributed by atoms with Gasteiger partial charge in [0.2, 0.25) is 0 Å². The molecule has 0 unspecified atom stereocenters. The Hall–Kier alpha value is -1.52. The molecule has 0 heterocycles. The standard InChI is InChI=1S/C18H30O5.C3H10O3Si/c1-15(2)17(19)22-13-9-5-7-11-21-12-8-6-10-14-23-18(20)16(3)4;1-4-7(5-2)6-3/h1,3,5-14H2,2,4H3;7H,1-3H3. The summed E-state index contributed by atoms with van der Waals surface area (Å²) in [7, 11) is 3.05. The highest BCUT2D eigenvalue weighted by atomic mass is 28.3. The van der Waals surface area contributed by atoms with E-state index in [1.54, 1.807) is 35.2 Å². The van der Waals surface area contributed by atoms with Crippen molar-refractivity contribution in [3.05, 3.63) is 24.3 Å². The SMILES string of the molecule is C=C(C)C(=O)OCCCCCOCCCCCOC(=O)C(=C)C.CO[SiH](OC)OC. The molecule has 0 aliphatic heterocycles. The monoisotopic (exact) mass is 448 g/mol. The Morgan fingerprint density at radius 2 is 0.967 bits per heavy atom. The lowest BCUT2D eigenvalue weighted by Gasteiger charge is -2.06. The highest BCUT2D eigenvalue weighted by molar-refractivity contribution is 6.36. The molecule has 0 spiro atoms. The van der Waals surface area contributed by atoms with E-state index in [-0.39, 0.29) is 11.9 Å². The van der Waals surface area contributed by atoms with Crippen molar-refractivity contribution in [2.75, 3.05) is 47.8 Å². The molecule has 8 nitrogen and oxygen atoms in total. The quantitative estimate of drug-likeness (QED) is 0.145. The first-order valence-electron chi connectivity index (χ1n) is 10.1. The van der Waals surface area contributed by atoms with Crippen LogP contribution in [0.15, 0.2) is 24.3 Å². The first-order chi connectivity index (χ1) is 14.3. The van der Waals surface area contributed by atoms with Crippen LogP contribution in [0.5, 0.6) is 0 Å². The molecule has 0 saturated heterocycles. The van der Waals surface area contributed by atoms with Crippen LogP contribution in [0.4, 0.5) is 0 Å². The van der Waals surface area contributed by atoms with E-state index in [4.69, 9.17) is 27.5 Å². The van der Waals surface area contributed by atoms with E-state index in [1.807, 2.05) is 0 Å². The van der Waals surface area contributed by atoms with Crippen LogP contribution in [-0.4, -0.2) is 69.2 Å². The van der Waals surface area contributed by atoms with Crippen LogP contribution in [0.25, 0.3) is 0 Å².